The Kier molecular flexibility index (Phi) is 3.49. The normalized spacial score (nSPS) is 20.6. The molecular formula is C12H14F3NO2. The van der Waals surface area contributed by atoms with Crippen molar-refractivity contribution in [2.45, 2.75) is 31.2 Å². The fourth-order valence-electron chi connectivity index (χ4n) is 1.99. The Labute approximate surface area is 102 Å². The number of hydrogen-bond donors (Lipinski definition) is 2. The summed E-state index contributed by atoms with van der Waals surface area (Å²) >= 11 is 0. The Morgan fingerprint density at radius 3 is 2.83 bits per heavy atom. The Balaban J connectivity index is 1.99. The second kappa shape index (κ2) is 4.78. The molecule has 18 heavy (non-hydrogen) atoms. The lowest BCUT2D eigenvalue weighted by Crippen LogP contribution is -2.34. The van der Waals surface area contributed by atoms with Crippen LogP contribution in [-0.2, 0) is 6.42 Å². The lowest BCUT2D eigenvalue weighted by molar-refractivity contribution is -0.210. The van der Waals surface area contributed by atoms with E-state index in [4.69, 9.17) is 15.6 Å². The van der Waals surface area contributed by atoms with E-state index in [1.807, 2.05) is 0 Å². The molecule has 1 aromatic carbocycles. The molecule has 0 bridgehead atoms. The number of fused-ring (bicyclic) bond motifs is 1. The van der Waals surface area contributed by atoms with Crippen LogP contribution in [-0.4, -0.2) is 24.0 Å². The summed E-state index contributed by atoms with van der Waals surface area (Å²) in [5.41, 5.74) is 7.86. The van der Waals surface area contributed by atoms with Gasteiger partial charge in [-0.2, -0.15) is 13.2 Å². The Bertz CT molecular complexity index is 434. The Morgan fingerprint density at radius 2 is 2.17 bits per heavy atom. The molecule has 2 unspecified atom stereocenters. The number of halogens is 3. The largest absolute Gasteiger partial charge is 0.491 e. The van der Waals surface area contributed by atoms with Gasteiger partial charge in [-0.15, -0.1) is 0 Å². The van der Waals surface area contributed by atoms with E-state index in [1.54, 1.807) is 18.2 Å². The van der Waals surface area contributed by atoms with E-state index in [-0.39, 0.29) is 6.04 Å². The van der Waals surface area contributed by atoms with Gasteiger partial charge in [0.05, 0.1) is 0 Å². The van der Waals surface area contributed by atoms with Crippen molar-refractivity contribution in [3.8, 4) is 5.75 Å². The number of aryl methyl sites for hydroxylation is 1. The van der Waals surface area contributed by atoms with Gasteiger partial charge in [-0.1, -0.05) is 6.07 Å². The highest BCUT2D eigenvalue weighted by molar-refractivity contribution is 5.40. The summed E-state index contributed by atoms with van der Waals surface area (Å²) in [5.74, 6) is 0.325. The summed E-state index contributed by atoms with van der Waals surface area (Å²) in [4.78, 5) is 0. The van der Waals surface area contributed by atoms with Crippen LogP contribution in [0.2, 0.25) is 0 Å². The number of nitrogens with two attached hydrogens (primary N) is 1. The summed E-state index contributed by atoms with van der Waals surface area (Å²) in [6.07, 6.45) is -5.48. The average Bonchev–Trinajstić information content (AvgIpc) is 2.66. The van der Waals surface area contributed by atoms with E-state index in [0.717, 1.165) is 24.0 Å². The van der Waals surface area contributed by atoms with Crippen molar-refractivity contribution in [3.05, 3.63) is 29.3 Å². The van der Waals surface area contributed by atoms with Crippen LogP contribution >= 0.6 is 0 Å². The van der Waals surface area contributed by atoms with Gasteiger partial charge in [0.2, 0.25) is 0 Å². The SMILES string of the molecule is NC1CCc2cc(OCC(O)C(F)(F)F)ccc21. The lowest BCUT2D eigenvalue weighted by Gasteiger charge is -2.15. The number of rotatable bonds is 3. The summed E-state index contributed by atoms with van der Waals surface area (Å²) in [6.45, 7) is -0.797. The van der Waals surface area contributed by atoms with E-state index in [9.17, 15) is 13.2 Å². The van der Waals surface area contributed by atoms with Gasteiger partial charge in [-0.3, -0.25) is 0 Å². The number of hydrogen-bond acceptors (Lipinski definition) is 3. The highest BCUT2D eigenvalue weighted by Crippen LogP contribution is 2.32. The first-order valence-electron chi connectivity index (χ1n) is 5.64. The molecule has 100 valence electrons. The fraction of sp³-hybridized carbons (Fsp3) is 0.500. The van der Waals surface area contributed by atoms with Gasteiger partial charge in [-0.05, 0) is 36.1 Å². The van der Waals surface area contributed by atoms with Crippen LogP contribution < -0.4 is 10.5 Å². The first-order chi connectivity index (χ1) is 8.38. The maximum Gasteiger partial charge on any atom is 0.417 e. The molecule has 6 heteroatoms. The van der Waals surface area contributed by atoms with Crippen molar-refractivity contribution >= 4 is 0 Å². The predicted octanol–water partition coefficient (Wildman–Crippen LogP) is 1.93. The molecule has 1 aliphatic carbocycles. The molecule has 3 nitrogen and oxygen atoms in total. The zero-order valence-electron chi connectivity index (χ0n) is 9.57. The highest BCUT2D eigenvalue weighted by Gasteiger charge is 2.38. The molecule has 0 saturated heterocycles. The zero-order valence-corrected chi connectivity index (χ0v) is 9.57. The summed E-state index contributed by atoms with van der Waals surface area (Å²) in [7, 11) is 0. The molecule has 0 fully saturated rings. The second-order valence-electron chi connectivity index (χ2n) is 4.37. The van der Waals surface area contributed by atoms with Crippen LogP contribution in [0.1, 0.15) is 23.6 Å². The molecule has 1 aliphatic rings. The molecule has 1 aromatic rings. The summed E-state index contributed by atoms with van der Waals surface area (Å²) in [5, 5.41) is 8.81. The van der Waals surface area contributed by atoms with Crippen LogP contribution in [0.25, 0.3) is 0 Å². The molecule has 0 saturated carbocycles. The van der Waals surface area contributed by atoms with Gasteiger partial charge in [0.15, 0.2) is 6.10 Å². The minimum atomic E-state index is -4.65. The molecule has 3 N–H and O–H groups in total. The van der Waals surface area contributed by atoms with Gasteiger partial charge in [-0.25, -0.2) is 0 Å². The van der Waals surface area contributed by atoms with Crippen molar-refractivity contribution in [1.82, 2.24) is 0 Å². The maximum atomic E-state index is 12.1. The van der Waals surface area contributed by atoms with Gasteiger partial charge < -0.3 is 15.6 Å². The van der Waals surface area contributed by atoms with E-state index in [1.165, 1.54) is 0 Å². The standard InChI is InChI=1S/C12H14F3NO2/c13-12(14,15)11(17)6-18-8-2-3-9-7(5-8)1-4-10(9)16/h2-3,5,10-11,17H,1,4,6,16H2. The lowest BCUT2D eigenvalue weighted by atomic mass is 10.1. The van der Waals surface area contributed by atoms with Crippen LogP contribution in [0.4, 0.5) is 13.2 Å². The van der Waals surface area contributed by atoms with Gasteiger partial charge in [0, 0.05) is 6.04 Å². The van der Waals surface area contributed by atoms with E-state index >= 15 is 0 Å². The molecule has 0 amide bonds. The number of alkyl halides is 3. The van der Waals surface area contributed by atoms with Crippen molar-refractivity contribution in [1.29, 1.82) is 0 Å². The third-order valence-electron chi connectivity index (χ3n) is 3.02. The van der Waals surface area contributed by atoms with Crippen LogP contribution in [0.3, 0.4) is 0 Å². The van der Waals surface area contributed by atoms with Gasteiger partial charge >= 0.3 is 6.18 Å². The van der Waals surface area contributed by atoms with Crippen molar-refractivity contribution in [3.63, 3.8) is 0 Å². The molecule has 0 radical (unpaired) electrons. The quantitative estimate of drug-likeness (QED) is 0.874. The predicted molar refractivity (Wildman–Crippen MR) is 59.2 cm³/mol. The topological polar surface area (TPSA) is 55.5 Å². The minimum absolute atomic E-state index is 0.00480. The Hall–Kier alpha value is -1.27. The third-order valence-corrected chi connectivity index (χ3v) is 3.02. The van der Waals surface area contributed by atoms with Gasteiger partial charge in [0.25, 0.3) is 0 Å². The Morgan fingerprint density at radius 1 is 1.44 bits per heavy atom. The first-order valence-corrected chi connectivity index (χ1v) is 5.64. The maximum absolute atomic E-state index is 12.1. The molecule has 2 atom stereocenters. The molecule has 0 aromatic heterocycles. The number of benzene rings is 1. The number of aliphatic hydroxyl groups excluding tert-OH is 1. The van der Waals surface area contributed by atoms with Crippen LogP contribution in [0, 0.1) is 0 Å². The summed E-state index contributed by atoms with van der Waals surface area (Å²) in [6, 6.07) is 5.02. The van der Waals surface area contributed by atoms with Crippen molar-refractivity contribution in [2.75, 3.05) is 6.61 Å². The van der Waals surface area contributed by atoms with E-state index in [0.29, 0.717) is 5.75 Å². The van der Waals surface area contributed by atoms with Crippen molar-refractivity contribution < 1.29 is 23.0 Å². The molecule has 0 spiro atoms. The summed E-state index contributed by atoms with van der Waals surface area (Å²) < 4.78 is 41.2. The molecule has 0 heterocycles. The van der Waals surface area contributed by atoms with Crippen molar-refractivity contribution in [2.24, 2.45) is 5.73 Å². The van der Waals surface area contributed by atoms with Gasteiger partial charge in [0.1, 0.15) is 12.4 Å². The molecule has 0 aliphatic heterocycles. The monoisotopic (exact) mass is 261 g/mol. The second-order valence-corrected chi connectivity index (χ2v) is 4.37. The third kappa shape index (κ3) is 2.76. The average molecular weight is 261 g/mol. The smallest absolute Gasteiger partial charge is 0.417 e. The van der Waals surface area contributed by atoms with Crippen LogP contribution in [0.5, 0.6) is 5.75 Å². The van der Waals surface area contributed by atoms with E-state index in [2.05, 4.69) is 0 Å². The number of ether oxygens (including phenoxy) is 1. The zero-order chi connectivity index (χ0) is 13.3. The highest BCUT2D eigenvalue weighted by atomic mass is 19.4. The van der Waals surface area contributed by atoms with Crippen LogP contribution in [0.15, 0.2) is 18.2 Å². The fourth-order valence-corrected chi connectivity index (χ4v) is 1.99. The first kappa shape index (κ1) is 13.2. The minimum Gasteiger partial charge on any atom is -0.491 e. The molecule has 2 rings (SSSR count). The number of aliphatic hydroxyl groups is 1. The van der Waals surface area contributed by atoms with E-state index < -0.39 is 18.9 Å². The molecular weight excluding hydrogens is 247 g/mol.